The zero-order chi connectivity index (χ0) is 28.6. The van der Waals surface area contributed by atoms with Crippen molar-refractivity contribution < 1.29 is 13.2 Å². The van der Waals surface area contributed by atoms with Gasteiger partial charge >= 0.3 is 0 Å². The SMILES string of the molecule is CC1CCCN(S(=O)(=O)c2cccc(-c3nn(-c4ccccc4)cc3C=C3SC(=S)N(C4CCCCC4)C3=O)c2)C1. The average Bonchev–Trinajstić information content (AvgIpc) is 3.54. The van der Waals surface area contributed by atoms with E-state index in [1.54, 1.807) is 32.1 Å². The quantitative estimate of drug-likeness (QED) is 0.236. The number of nitrogens with zero attached hydrogens (tertiary/aromatic N) is 4. The Morgan fingerprint density at radius 3 is 2.54 bits per heavy atom. The second-order valence-electron chi connectivity index (χ2n) is 11.2. The summed E-state index contributed by atoms with van der Waals surface area (Å²) >= 11 is 7.00. The number of hydrogen-bond acceptors (Lipinski definition) is 6. The molecule has 1 saturated carbocycles. The Morgan fingerprint density at radius 2 is 1.78 bits per heavy atom. The van der Waals surface area contributed by atoms with E-state index in [0.717, 1.165) is 49.8 Å². The number of piperidine rings is 1. The first-order valence-corrected chi connectivity index (χ1v) is 17.0. The molecule has 6 rings (SSSR count). The Balaban J connectivity index is 1.39. The molecule has 0 N–H and O–H groups in total. The molecule has 0 radical (unpaired) electrons. The first-order chi connectivity index (χ1) is 19.8. The number of rotatable bonds is 6. The van der Waals surface area contributed by atoms with Gasteiger partial charge in [-0.3, -0.25) is 9.69 Å². The number of para-hydroxylation sites is 1. The summed E-state index contributed by atoms with van der Waals surface area (Å²) in [6, 6.07) is 16.9. The predicted molar refractivity (Wildman–Crippen MR) is 168 cm³/mol. The Morgan fingerprint density at radius 1 is 1.00 bits per heavy atom. The molecule has 7 nitrogen and oxygen atoms in total. The van der Waals surface area contributed by atoms with Crippen LogP contribution in [0.15, 0.2) is 70.6 Å². The number of carbonyl (C=O) groups excluding carboxylic acids is 1. The second kappa shape index (κ2) is 11.8. The lowest BCUT2D eigenvalue weighted by Gasteiger charge is -2.30. The monoisotopic (exact) mass is 606 g/mol. The number of thioether (sulfide) groups is 1. The Labute approximate surface area is 251 Å². The average molecular weight is 607 g/mol. The second-order valence-corrected chi connectivity index (χ2v) is 14.8. The van der Waals surface area contributed by atoms with Gasteiger partial charge in [0.15, 0.2) is 0 Å². The smallest absolute Gasteiger partial charge is 0.266 e. The van der Waals surface area contributed by atoms with Crippen LogP contribution in [0.25, 0.3) is 23.0 Å². The third-order valence-electron chi connectivity index (χ3n) is 8.18. The van der Waals surface area contributed by atoms with Gasteiger partial charge in [-0.15, -0.1) is 0 Å². The molecule has 2 saturated heterocycles. The Bertz CT molecular complexity index is 1590. The molecule has 214 valence electrons. The number of aromatic nitrogens is 2. The van der Waals surface area contributed by atoms with E-state index >= 15 is 0 Å². The zero-order valence-corrected chi connectivity index (χ0v) is 25.6. The van der Waals surface area contributed by atoms with Crippen LogP contribution >= 0.6 is 24.0 Å². The fourth-order valence-electron chi connectivity index (χ4n) is 6.02. The summed E-state index contributed by atoms with van der Waals surface area (Å²) < 4.78 is 31.2. The van der Waals surface area contributed by atoms with Crippen LogP contribution < -0.4 is 0 Å². The van der Waals surface area contributed by atoms with Crippen LogP contribution in [0.3, 0.4) is 0 Å². The maximum Gasteiger partial charge on any atom is 0.266 e. The van der Waals surface area contributed by atoms with Gasteiger partial charge < -0.3 is 0 Å². The molecule has 0 bridgehead atoms. The summed E-state index contributed by atoms with van der Waals surface area (Å²) in [5.74, 6) is 0.281. The maximum absolute atomic E-state index is 13.6. The van der Waals surface area contributed by atoms with Gasteiger partial charge in [0, 0.05) is 36.5 Å². The molecule has 3 heterocycles. The van der Waals surface area contributed by atoms with Crippen molar-refractivity contribution in [2.24, 2.45) is 5.92 Å². The van der Waals surface area contributed by atoms with Gasteiger partial charge in [0.2, 0.25) is 10.0 Å². The molecule has 1 atom stereocenters. The van der Waals surface area contributed by atoms with E-state index in [1.807, 2.05) is 48.7 Å². The number of thiocarbonyl (C=S) groups is 1. The number of hydrogen-bond donors (Lipinski definition) is 0. The van der Waals surface area contributed by atoms with E-state index in [2.05, 4.69) is 6.92 Å². The number of amides is 1. The molecule has 3 fully saturated rings. The fraction of sp³-hybridized carbons (Fsp3) is 0.387. The lowest BCUT2D eigenvalue weighted by Crippen LogP contribution is -2.39. The van der Waals surface area contributed by atoms with E-state index in [9.17, 15) is 13.2 Å². The summed E-state index contributed by atoms with van der Waals surface area (Å²) in [6.45, 7) is 3.16. The van der Waals surface area contributed by atoms with Gasteiger partial charge in [0.25, 0.3) is 5.91 Å². The van der Waals surface area contributed by atoms with Crippen molar-refractivity contribution in [3.05, 3.63) is 71.3 Å². The van der Waals surface area contributed by atoms with Gasteiger partial charge in [0.1, 0.15) is 10.0 Å². The highest BCUT2D eigenvalue weighted by Crippen LogP contribution is 2.39. The number of benzene rings is 2. The van der Waals surface area contributed by atoms with Crippen LogP contribution in [-0.4, -0.2) is 56.8 Å². The fourth-order valence-corrected chi connectivity index (χ4v) is 9.06. The lowest BCUT2D eigenvalue weighted by atomic mass is 9.94. The van der Waals surface area contributed by atoms with Crippen molar-refractivity contribution in [2.45, 2.75) is 62.8 Å². The van der Waals surface area contributed by atoms with Gasteiger partial charge in [-0.05, 0) is 61.9 Å². The minimum atomic E-state index is -3.64. The summed E-state index contributed by atoms with van der Waals surface area (Å²) in [5.41, 5.74) is 2.90. The Kier molecular flexibility index (Phi) is 8.18. The summed E-state index contributed by atoms with van der Waals surface area (Å²) in [6.07, 6.45) is 11.1. The number of carbonyl (C=O) groups is 1. The topological polar surface area (TPSA) is 75.5 Å². The minimum Gasteiger partial charge on any atom is -0.290 e. The van der Waals surface area contributed by atoms with Crippen molar-refractivity contribution in [1.29, 1.82) is 0 Å². The first-order valence-electron chi connectivity index (χ1n) is 14.3. The molecule has 3 aliphatic rings. The number of sulfonamides is 1. The highest BCUT2D eigenvalue weighted by molar-refractivity contribution is 8.26. The van der Waals surface area contributed by atoms with Crippen LogP contribution in [0.5, 0.6) is 0 Å². The molecule has 10 heteroatoms. The molecule has 1 amide bonds. The van der Waals surface area contributed by atoms with E-state index < -0.39 is 10.0 Å². The van der Waals surface area contributed by atoms with Crippen molar-refractivity contribution in [2.75, 3.05) is 13.1 Å². The molecular formula is C31H34N4O3S3. The van der Waals surface area contributed by atoms with Gasteiger partial charge in [0.05, 0.1) is 15.5 Å². The van der Waals surface area contributed by atoms with Gasteiger partial charge in [-0.25, -0.2) is 13.1 Å². The van der Waals surface area contributed by atoms with Crippen LogP contribution in [0, 0.1) is 5.92 Å². The molecule has 1 aromatic heterocycles. The molecule has 1 unspecified atom stereocenters. The van der Waals surface area contributed by atoms with Crippen LogP contribution in [-0.2, 0) is 14.8 Å². The lowest BCUT2D eigenvalue weighted by molar-refractivity contribution is -0.124. The van der Waals surface area contributed by atoms with Crippen LogP contribution in [0.4, 0.5) is 0 Å². The summed E-state index contributed by atoms with van der Waals surface area (Å²) in [7, 11) is -3.64. The van der Waals surface area contributed by atoms with Gasteiger partial charge in [-0.2, -0.15) is 9.40 Å². The van der Waals surface area contributed by atoms with E-state index in [1.165, 1.54) is 18.2 Å². The summed E-state index contributed by atoms with van der Waals surface area (Å²) in [4.78, 5) is 16.2. The molecule has 0 spiro atoms. The minimum absolute atomic E-state index is 0.0548. The van der Waals surface area contributed by atoms with Crippen molar-refractivity contribution in [3.63, 3.8) is 0 Å². The molecular weight excluding hydrogens is 573 g/mol. The highest BCUT2D eigenvalue weighted by atomic mass is 32.2. The summed E-state index contributed by atoms with van der Waals surface area (Å²) in [5, 5.41) is 4.89. The molecule has 3 aromatic rings. The largest absolute Gasteiger partial charge is 0.290 e. The van der Waals surface area contributed by atoms with Gasteiger partial charge in [-0.1, -0.05) is 80.5 Å². The molecule has 2 aromatic carbocycles. The van der Waals surface area contributed by atoms with E-state index in [-0.39, 0.29) is 16.8 Å². The van der Waals surface area contributed by atoms with Crippen molar-refractivity contribution in [1.82, 2.24) is 19.0 Å². The maximum atomic E-state index is 13.6. The standard InChI is InChI=1S/C31H34N4O3S3/c1-22-10-9-17-33(20-22)41(37,38)27-16-8-11-23(18-27)29-24(21-34(32-29)25-12-4-2-5-13-25)19-28-30(36)35(31(39)40-28)26-14-6-3-7-15-26/h2,4-5,8,11-13,16,18-19,21-22,26H,3,6-7,9-10,14-15,17,20H2,1H3. The van der Waals surface area contributed by atoms with Crippen molar-refractivity contribution in [3.8, 4) is 16.9 Å². The first kappa shape index (κ1) is 28.3. The van der Waals surface area contributed by atoms with Crippen LogP contribution in [0.2, 0.25) is 0 Å². The Hall–Kier alpha value is -2.79. The highest BCUT2D eigenvalue weighted by Gasteiger charge is 2.38. The predicted octanol–water partition coefficient (Wildman–Crippen LogP) is 6.49. The molecule has 2 aliphatic heterocycles. The molecule has 41 heavy (non-hydrogen) atoms. The third-order valence-corrected chi connectivity index (χ3v) is 11.4. The van der Waals surface area contributed by atoms with Crippen molar-refractivity contribution >= 4 is 50.3 Å². The molecule has 1 aliphatic carbocycles. The van der Waals surface area contributed by atoms with Crippen LogP contribution in [0.1, 0.15) is 57.4 Å². The van der Waals surface area contributed by atoms with E-state index in [4.69, 9.17) is 17.3 Å². The normalized spacial score (nSPS) is 22.1. The third kappa shape index (κ3) is 5.80. The zero-order valence-electron chi connectivity index (χ0n) is 23.1. The van der Waals surface area contributed by atoms with E-state index in [0.29, 0.717) is 39.5 Å².